The molecule has 1 amide bonds. The minimum Gasteiger partial charge on any atom is -0.395 e. The summed E-state index contributed by atoms with van der Waals surface area (Å²) in [5.41, 5.74) is 0.767. The monoisotopic (exact) mass is 233 g/mol. The van der Waals surface area contributed by atoms with Crippen LogP contribution in [0.25, 0.3) is 0 Å². The molecule has 0 unspecified atom stereocenters. The Bertz CT molecular complexity index is 417. The van der Waals surface area contributed by atoms with Gasteiger partial charge in [0.2, 0.25) is 0 Å². The molecular formula is C12H15N3O2. The summed E-state index contributed by atoms with van der Waals surface area (Å²) >= 11 is 0. The number of nitrogens with one attached hydrogen (secondary N) is 1. The van der Waals surface area contributed by atoms with Gasteiger partial charge < -0.3 is 15.3 Å². The van der Waals surface area contributed by atoms with Crippen molar-refractivity contribution in [3.63, 3.8) is 0 Å². The highest BCUT2D eigenvalue weighted by Crippen LogP contribution is 2.13. The predicted molar refractivity (Wildman–Crippen MR) is 66.2 cm³/mol. The number of carbonyl (C=O) groups is 1. The van der Waals surface area contributed by atoms with Gasteiger partial charge in [-0.1, -0.05) is 18.2 Å². The molecule has 17 heavy (non-hydrogen) atoms. The molecule has 0 aromatic heterocycles. The summed E-state index contributed by atoms with van der Waals surface area (Å²) in [5, 5.41) is 12.0. The number of amides is 1. The number of aliphatic imine (C=N–C) groups is 1. The van der Waals surface area contributed by atoms with E-state index in [0.29, 0.717) is 18.9 Å². The van der Waals surface area contributed by atoms with E-state index in [-0.39, 0.29) is 19.1 Å². The molecule has 1 heterocycles. The van der Waals surface area contributed by atoms with Crippen LogP contribution in [0.2, 0.25) is 0 Å². The first-order valence-electron chi connectivity index (χ1n) is 5.59. The van der Waals surface area contributed by atoms with Crippen molar-refractivity contribution < 1.29 is 9.90 Å². The van der Waals surface area contributed by atoms with E-state index in [2.05, 4.69) is 10.3 Å². The van der Waals surface area contributed by atoms with Crippen molar-refractivity contribution in [2.45, 2.75) is 0 Å². The molecule has 0 saturated carbocycles. The minimum absolute atomic E-state index is 0.0755. The van der Waals surface area contributed by atoms with Crippen LogP contribution in [0.4, 0.5) is 5.69 Å². The van der Waals surface area contributed by atoms with Crippen LogP contribution in [0.3, 0.4) is 0 Å². The van der Waals surface area contributed by atoms with E-state index < -0.39 is 0 Å². The molecule has 1 aromatic rings. The van der Waals surface area contributed by atoms with Crippen molar-refractivity contribution >= 4 is 17.4 Å². The standard InChI is InChI=1S/C12H15N3O2/c16-9-8-15(10-4-2-1-3-5-10)12(17)11-13-6-7-14-11/h1-5,16H,6-9H2,(H,13,14). The van der Waals surface area contributed by atoms with Crippen LogP contribution < -0.4 is 10.2 Å². The summed E-state index contributed by atoms with van der Waals surface area (Å²) in [7, 11) is 0. The second-order valence-electron chi connectivity index (χ2n) is 3.67. The second kappa shape index (κ2) is 5.45. The Kier molecular flexibility index (Phi) is 3.72. The first-order chi connectivity index (χ1) is 8.33. The summed E-state index contributed by atoms with van der Waals surface area (Å²) in [6.07, 6.45) is 0. The Morgan fingerprint density at radius 3 is 2.76 bits per heavy atom. The summed E-state index contributed by atoms with van der Waals surface area (Å²) in [5.74, 6) is 0.185. The van der Waals surface area contributed by atoms with Gasteiger partial charge >= 0.3 is 0 Å². The summed E-state index contributed by atoms with van der Waals surface area (Å²) in [4.78, 5) is 17.8. The molecule has 0 spiro atoms. The van der Waals surface area contributed by atoms with Crippen LogP contribution in [0.15, 0.2) is 35.3 Å². The van der Waals surface area contributed by atoms with E-state index in [4.69, 9.17) is 5.11 Å². The normalized spacial score (nSPS) is 14.1. The number of aliphatic hydroxyl groups excluding tert-OH is 1. The molecule has 2 N–H and O–H groups in total. The molecule has 0 saturated heterocycles. The molecule has 1 aliphatic heterocycles. The number of hydrogen-bond donors (Lipinski definition) is 2. The lowest BCUT2D eigenvalue weighted by atomic mass is 10.2. The second-order valence-corrected chi connectivity index (χ2v) is 3.67. The van der Waals surface area contributed by atoms with Crippen LogP contribution in [-0.4, -0.2) is 43.1 Å². The van der Waals surface area contributed by atoms with E-state index in [1.165, 1.54) is 4.90 Å². The number of rotatable bonds is 4. The zero-order valence-corrected chi connectivity index (χ0v) is 9.47. The van der Waals surface area contributed by atoms with E-state index >= 15 is 0 Å². The Balaban J connectivity index is 2.20. The third kappa shape index (κ3) is 2.62. The Morgan fingerprint density at radius 2 is 2.18 bits per heavy atom. The largest absolute Gasteiger partial charge is 0.395 e. The first kappa shape index (κ1) is 11.6. The average Bonchev–Trinajstić information content (AvgIpc) is 2.90. The van der Waals surface area contributed by atoms with Crippen LogP contribution >= 0.6 is 0 Å². The zero-order chi connectivity index (χ0) is 12.1. The number of aliphatic hydroxyl groups is 1. The van der Waals surface area contributed by atoms with Crippen LogP contribution in [0.5, 0.6) is 0 Å². The molecule has 0 atom stereocenters. The smallest absolute Gasteiger partial charge is 0.293 e. The highest BCUT2D eigenvalue weighted by molar-refractivity contribution is 6.43. The molecule has 0 bridgehead atoms. The van der Waals surface area contributed by atoms with E-state index in [0.717, 1.165) is 5.69 Å². The lowest BCUT2D eigenvalue weighted by Crippen LogP contribution is -2.42. The summed E-state index contributed by atoms with van der Waals surface area (Å²) < 4.78 is 0. The number of anilines is 1. The van der Waals surface area contributed by atoms with Gasteiger partial charge in [0.1, 0.15) is 0 Å². The molecule has 0 aliphatic carbocycles. The van der Waals surface area contributed by atoms with Gasteiger partial charge in [-0.2, -0.15) is 0 Å². The SMILES string of the molecule is O=C(C1=NCCN1)N(CCO)c1ccccc1. The van der Waals surface area contributed by atoms with Gasteiger partial charge in [-0.3, -0.25) is 9.79 Å². The maximum atomic E-state index is 12.2. The number of nitrogens with zero attached hydrogens (tertiary/aromatic N) is 2. The molecular weight excluding hydrogens is 218 g/mol. The molecule has 1 aliphatic rings. The van der Waals surface area contributed by atoms with Crippen molar-refractivity contribution in [2.75, 3.05) is 31.1 Å². The van der Waals surface area contributed by atoms with Gasteiger partial charge in [-0.15, -0.1) is 0 Å². The number of benzene rings is 1. The topological polar surface area (TPSA) is 64.9 Å². The maximum absolute atomic E-state index is 12.2. The molecule has 5 heteroatoms. The van der Waals surface area contributed by atoms with Crippen molar-refractivity contribution in [3.8, 4) is 0 Å². The van der Waals surface area contributed by atoms with Gasteiger partial charge in [0.15, 0.2) is 5.84 Å². The van der Waals surface area contributed by atoms with Gasteiger partial charge in [-0.05, 0) is 12.1 Å². The van der Waals surface area contributed by atoms with E-state index in [9.17, 15) is 4.79 Å². The summed E-state index contributed by atoms with van der Waals surface area (Å²) in [6.45, 7) is 1.52. The fourth-order valence-electron chi connectivity index (χ4n) is 1.72. The lowest BCUT2D eigenvalue weighted by molar-refractivity contribution is -0.112. The minimum atomic E-state index is -0.192. The van der Waals surface area contributed by atoms with Crippen molar-refractivity contribution in [3.05, 3.63) is 30.3 Å². The Hall–Kier alpha value is -1.88. The van der Waals surface area contributed by atoms with Gasteiger partial charge in [-0.25, -0.2) is 0 Å². The number of para-hydroxylation sites is 1. The van der Waals surface area contributed by atoms with Crippen LogP contribution in [-0.2, 0) is 4.79 Å². The fraction of sp³-hybridized carbons (Fsp3) is 0.333. The molecule has 1 aromatic carbocycles. The van der Waals surface area contributed by atoms with Crippen molar-refractivity contribution in [1.82, 2.24) is 5.32 Å². The quantitative estimate of drug-likeness (QED) is 0.770. The zero-order valence-electron chi connectivity index (χ0n) is 9.47. The van der Waals surface area contributed by atoms with Crippen molar-refractivity contribution in [1.29, 1.82) is 0 Å². The number of carbonyl (C=O) groups excluding carboxylic acids is 1. The van der Waals surface area contributed by atoms with Gasteiger partial charge in [0.25, 0.3) is 5.91 Å². The fourth-order valence-corrected chi connectivity index (χ4v) is 1.72. The molecule has 5 nitrogen and oxygen atoms in total. The predicted octanol–water partition coefficient (Wildman–Crippen LogP) is 0.0136. The van der Waals surface area contributed by atoms with Crippen LogP contribution in [0.1, 0.15) is 0 Å². The van der Waals surface area contributed by atoms with Crippen LogP contribution in [0, 0.1) is 0 Å². The molecule has 0 fully saturated rings. The van der Waals surface area contributed by atoms with E-state index in [1.807, 2.05) is 30.3 Å². The van der Waals surface area contributed by atoms with Crippen molar-refractivity contribution in [2.24, 2.45) is 4.99 Å². The van der Waals surface area contributed by atoms with E-state index in [1.54, 1.807) is 0 Å². The number of hydrogen-bond acceptors (Lipinski definition) is 4. The first-order valence-corrected chi connectivity index (χ1v) is 5.59. The Labute approximate surface area is 99.8 Å². The third-order valence-electron chi connectivity index (χ3n) is 2.51. The van der Waals surface area contributed by atoms with Gasteiger partial charge in [0, 0.05) is 18.8 Å². The summed E-state index contributed by atoms with van der Waals surface area (Å²) in [6, 6.07) is 9.27. The highest BCUT2D eigenvalue weighted by Gasteiger charge is 2.22. The average molecular weight is 233 g/mol. The third-order valence-corrected chi connectivity index (χ3v) is 2.51. The lowest BCUT2D eigenvalue weighted by Gasteiger charge is -2.21. The highest BCUT2D eigenvalue weighted by atomic mass is 16.3. The molecule has 2 rings (SSSR count). The molecule has 0 radical (unpaired) electrons. The number of amidine groups is 1. The Morgan fingerprint density at radius 1 is 1.41 bits per heavy atom. The molecule has 90 valence electrons. The maximum Gasteiger partial charge on any atom is 0.293 e. The van der Waals surface area contributed by atoms with Gasteiger partial charge in [0.05, 0.1) is 13.2 Å².